The molecule has 0 saturated carbocycles. The maximum absolute atomic E-state index is 12.4. The minimum Gasteiger partial charge on any atom is -0.479 e. The molecule has 0 bridgehead atoms. The third-order valence-corrected chi connectivity index (χ3v) is 5.86. The highest BCUT2D eigenvalue weighted by atomic mass is 32.2. The molecule has 2 aliphatic rings. The molecule has 128 valence electrons. The van der Waals surface area contributed by atoms with Gasteiger partial charge in [0, 0.05) is 18.2 Å². The number of rotatable bonds is 3. The molecule has 2 aromatic rings. The van der Waals surface area contributed by atoms with Crippen molar-refractivity contribution >= 4 is 23.8 Å². The summed E-state index contributed by atoms with van der Waals surface area (Å²) in [6, 6.07) is 16.2. The van der Waals surface area contributed by atoms with Crippen LogP contribution in [-0.4, -0.2) is 46.3 Å². The molecule has 5 nitrogen and oxygen atoms in total. The van der Waals surface area contributed by atoms with Gasteiger partial charge >= 0.3 is 12.1 Å². The number of fused-ring (bicyclic) bond motifs is 3. The molecule has 4 rings (SSSR count). The summed E-state index contributed by atoms with van der Waals surface area (Å²) in [6.45, 7) is 0.610. The first-order valence-electron chi connectivity index (χ1n) is 8.13. The lowest BCUT2D eigenvalue weighted by Gasteiger charge is -2.21. The van der Waals surface area contributed by atoms with Gasteiger partial charge in [0.05, 0.1) is 0 Å². The molecule has 1 aliphatic carbocycles. The van der Waals surface area contributed by atoms with E-state index in [-0.39, 0.29) is 12.5 Å². The van der Waals surface area contributed by atoms with Crippen molar-refractivity contribution in [2.24, 2.45) is 0 Å². The highest BCUT2D eigenvalue weighted by Gasteiger charge is 2.37. The zero-order valence-corrected chi connectivity index (χ0v) is 14.2. The summed E-state index contributed by atoms with van der Waals surface area (Å²) in [4.78, 5) is 24.9. The fourth-order valence-electron chi connectivity index (χ4n) is 3.54. The van der Waals surface area contributed by atoms with Gasteiger partial charge in [0.1, 0.15) is 6.61 Å². The van der Waals surface area contributed by atoms with Crippen LogP contribution in [0.15, 0.2) is 48.5 Å². The molecule has 6 heteroatoms. The minimum atomic E-state index is -1.00. The number of hydrogen-bond donors (Lipinski definition) is 1. The predicted octanol–water partition coefficient (Wildman–Crippen LogP) is 3.40. The van der Waals surface area contributed by atoms with E-state index in [2.05, 4.69) is 24.3 Å². The number of benzene rings is 2. The topological polar surface area (TPSA) is 66.8 Å². The standard InChI is InChI=1S/C19H17NO4S/c21-18(22)17-20(9-10-25-17)19(23)24-11-16-14-7-3-1-5-12(14)13-6-2-4-8-15(13)16/h1-8,16-17H,9-11H2,(H,21,22). The van der Waals surface area contributed by atoms with Crippen LogP contribution in [0.2, 0.25) is 0 Å². The van der Waals surface area contributed by atoms with Gasteiger partial charge in [-0.2, -0.15) is 0 Å². The van der Waals surface area contributed by atoms with E-state index in [1.807, 2.05) is 24.3 Å². The predicted molar refractivity (Wildman–Crippen MR) is 95.7 cm³/mol. The Morgan fingerprint density at radius 3 is 2.28 bits per heavy atom. The summed E-state index contributed by atoms with van der Waals surface area (Å²) < 4.78 is 5.51. The van der Waals surface area contributed by atoms with Gasteiger partial charge in [-0.3, -0.25) is 4.90 Å². The van der Waals surface area contributed by atoms with Crippen LogP contribution >= 0.6 is 11.8 Å². The van der Waals surface area contributed by atoms with Gasteiger partial charge < -0.3 is 9.84 Å². The van der Waals surface area contributed by atoms with Gasteiger partial charge in [0.2, 0.25) is 0 Å². The molecule has 2 aromatic carbocycles. The highest BCUT2D eigenvalue weighted by Crippen LogP contribution is 2.44. The van der Waals surface area contributed by atoms with Crippen molar-refractivity contribution in [1.82, 2.24) is 4.90 Å². The van der Waals surface area contributed by atoms with Crippen molar-refractivity contribution in [2.45, 2.75) is 11.3 Å². The zero-order chi connectivity index (χ0) is 17.4. The Labute approximate surface area is 149 Å². The SMILES string of the molecule is O=C(O)C1SCCN1C(=O)OCC1c2ccccc2-c2ccccc21. The van der Waals surface area contributed by atoms with E-state index in [4.69, 9.17) is 4.74 Å². The molecule has 1 fully saturated rings. The Morgan fingerprint density at radius 2 is 1.68 bits per heavy atom. The number of nitrogens with zero attached hydrogens (tertiary/aromatic N) is 1. The fraction of sp³-hybridized carbons (Fsp3) is 0.263. The van der Waals surface area contributed by atoms with E-state index < -0.39 is 17.4 Å². The smallest absolute Gasteiger partial charge is 0.411 e. The number of carboxylic acid groups (broad SMARTS) is 1. The number of thioether (sulfide) groups is 1. The number of carboxylic acids is 1. The van der Waals surface area contributed by atoms with Crippen LogP contribution in [-0.2, 0) is 9.53 Å². The quantitative estimate of drug-likeness (QED) is 0.914. The monoisotopic (exact) mass is 355 g/mol. The summed E-state index contributed by atoms with van der Waals surface area (Å²) in [6.07, 6.45) is -0.556. The molecule has 1 heterocycles. The van der Waals surface area contributed by atoms with Gasteiger partial charge in [0.15, 0.2) is 5.37 Å². The molecule has 1 amide bonds. The van der Waals surface area contributed by atoms with E-state index in [0.717, 1.165) is 11.1 Å². The van der Waals surface area contributed by atoms with Crippen molar-refractivity contribution < 1.29 is 19.4 Å². The Hall–Kier alpha value is -2.47. The first kappa shape index (κ1) is 16.0. The third-order valence-electron chi connectivity index (χ3n) is 4.67. The summed E-state index contributed by atoms with van der Waals surface area (Å²) in [5.74, 6) is -0.410. The molecule has 1 N–H and O–H groups in total. The van der Waals surface area contributed by atoms with Crippen LogP contribution in [0.3, 0.4) is 0 Å². The molecule has 0 spiro atoms. The average Bonchev–Trinajstić information content (AvgIpc) is 3.23. The number of ether oxygens (including phenoxy) is 1. The Balaban J connectivity index is 1.53. The molecule has 1 saturated heterocycles. The molecule has 1 aliphatic heterocycles. The molecular formula is C19H17NO4S. The molecule has 1 unspecified atom stereocenters. The second-order valence-electron chi connectivity index (χ2n) is 6.06. The van der Waals surface area contributed by atoms with Gasteiger partial charge in [-0.1, -0.05) is 48.5 Å². The van der Waals surface area contributed by atoms with E-state index in [1.54, 1.807) is 0 Å². The van der Waals surface area contributed by atoms with E-state index in [1.165, 1.54) is 27.8 Å². The molecule has 25 heavy (non-hydrogen) atoms. The van der Waals surface area contributed by atoms with Crippen molar-refractivity contribution in [3.05, 3.63) is 59.7 Å². The Kier molecular flexibility index (Phi) is 4.13. The first-order chi connectivity index (χ1) is 12.2. The van der Waals surface area contributed by atoms with E-state index in [0.29, 0.717) is 12.3 Å². The van der Waals surface area contributed by atoms with Crippen LogP contribution < -0.4 is 0 Å². The fourth-order valence-corrected chi connectivity index (χ4v) is 4.58. The summed E-state index contributed by atoms with van der Waals surface area (Å²) >= 11 is 1.25. The van der Waals surface area contributed by atoms with Crippen molar-refractivity contribution in [3.8, 4) is 11.1 Å². The maximum atomic E-state index is 12.4. The molecule has 1 atom stereocenters. The van der Waals surface area contributed by atoms with Crippen LogP contribution in [0.4, 0.5) is 4.79 Å². The maximum Gasteiger partial charge on any atom is 0.411 e. The lowest BCUT2D eigenvalue weighted by atomic mass is 9.98. The van der Waals surface area contributed by atoms with Gasteiger partial charge in [0.25, 0.3) is 0 Å². The molecule has 0 aromatic heterocycles. The van der Waals surface area contributed by atoms with Crippen molar-refractivity contribution in [3.63, 3.8) is 0 Å². The summed E-state index contributed by atoms with van der Waals surface area (Å²) in [5.41, 5.74) is 4.61. The Bertz CT molecular complexity index is 792. The summed E-state index contributed by atoms with van der Waals surface area (Å²) in [7, 11) is 0. The summed E-state index contributed by atoms with van der Waals surface area (Å²) in [5, 5.41) is 8.35. The van der Waals surface area contributed by atoms with Crippen molar-refractivity contribution in [1.29, 1.82) is 0 Å². The highest BCUT2D eigenvalue weighted by molar-refractivity contribution is 8.00. The molecule has 0 radical (unpaired) electrons. The Morgan fingerprint density at radius 1 is 1.08 bits per heavy atom. The number of carbonyl (C=O) groups excluding carboxylic acids is 1. The van der Waals surface area contributed by atoms with Crippen LogP contribution in [0, 0.1) is 0 Å². The van der Waals surface area contributed by atoms with E-state index >= 15 is 0 Å². The average molecular weight is 355 g/mol. The lowest BCUT2D eigenvalue weighted by molar-refractivity contribution is -0.139. The second-order valence-corrected chi connectivity index (χ2v) is 7.25. The number of amides is 1. The first-order valence-corrected chi connectivity index (χ1v) is 9.17. The normalized spacial score (nSPS) is 18.7. The van der Waals surface area contributed by atoms with Crippen molar-refractivity contribution in [2.75, 3.05) is 18.9 Å². The van der Waals surface area contributed by atoms with Crippen LogP contribution in [0.1, 0.15) is 17.0 Å². The van der Waals surface area contributed by atoms with Crippen LogP contribution in [0.25, 0.3) is 11.1 Å². The second kappa shape index (κ2) is 6.44. The number of hydrogen-bond acceptors (Lipinski definition) is 4. The van der Waals surface area contributed by atoms with E-state index in [9.17, 15) is 14.7 Å². The van der Waals surface area contributed by atoms with Gasteiger partial charge in [-0.15, -0.1) is 11.8 Å². The zero-order valence-electron chi connectivity index (χ0n) is 13.4. The van der Waals surface area contributed by atoms with Gasteiger partial charge in [-0.25, -0.2) is 9.59 Å². The third kappa shape index (κ3) is 2.76. The van der Waals surface area contributed by atoms with Crippen LogP contribution in [0.5, 0.6) is 0 Å². The number of carbonyl (C=O) groups is 2. The molecular weight excluding hydrogens is 338 g/mol. The van der Waals surface area contributed by atoms with Gasteiger partial charge in [-0.05, 0) is 22.3 Å². The largest absolute Gasteiger partial charge is 0.479 e. The minimum absolute atomic E-state index is 0.0186. The number of aliphatic carboxylic acids is 1. The lowest BCUT2D eigenvalue weighted by Crippen LogP contribution is -2.40.